The summed E-state index contributed by atoms with van der Waals surface area (Å²) in [6.07, 6.45) is 0. The van der Waals surface area contributed by atoms with Gasteiger partial charge in [0, 0.05) is 19.0 Å². The van der Waals surface area contributed by atoms with E-state index in [1.165, 1.54) is 5.56 Å². The summed E-state index contributed by atoms with van der Waals surface area (Å²) in [6, 6.07) is 19.4. The molecule has 2 atom stereocenters. The maximum absolute atomic E-state index is 12.7. The topological polar surface area (TPSA) is 63.4 Å². The van der Waals surface area contributed by atoms with Gasteiger partial charge in [-0.2, -0.15) is 0 Å². The second kappa shape index (κ2) is 8.12. The highest BCUT2D eigenvalue weighted by atomic mass is 35.5. The first-order chi connectivity index (χ1) is 11.1. The summed E-state index contributed by atoms with van der Waals surface area (Å²) < 4.78 is 27.1. The van der Waals surface area contributed by atoms with Crippen LogP contribution in [-0.2, 0) is 15.8 Å². The summed E-state index contributed by atoms with van der Waals surface area (Å²) >= 11 is 0. The molecular weight excluding hydrogens is 344 g/mol. The highest BCUT2D eigenvalue weighted by Gasteiger charge is 2.38. The van der Waals surface area contributed by atoms with Gasteiger partial charge in [-0.3, -0.25) is 0 Å². The molecule has 0 unspecified atom stereocenters. The second-order valence-corrected chi connectivity index (χ2v) is 8.04. The molecule has 0 bridgehead atoms. The molecule has 2 aromatic rings. The minimum atomic E-state index is -3.32. The van der Waals surface area contributed by atoms with Gasteiger partial charge in [-0.15, -0.1) is 12.4 Å². The van der Waals surface area contributed by atoms with Crippen molar-refractivity contribution in [3.63, 3.8) is 0 Å². The van der Waals surface area contributed by atoms with Gasteiger partial charge in [0.2, 0.25) is 10.0 Å². The van der Waals surface area contributed by atoms with Gasteiger partial charge in [0.25, 0.3) is 0 Å². The number of hydrogen-bond acceptors (Lipinski definition) is 3. The lowest BCUT2D eigenvalue weighted by Gasteiger charge is -2.17. The molecule has 2 N–H and O–H groups in total. The third-order valence-electron chi connectivity index (χ3n) is 4.52. The van der Waals surface area contributed by atoms with E-state index >= 15 is 0 Å². The SMILES string of the molecule is Cl.NC[C@@H]1CN(S(=O)(=O)Cc2ccccc2)C[C@H]1c1ccccc1. The van der Waals surface area contributed by atoms with Gasteiger partial charge in [0.05, 0.1) is 5.75 Å². The molecule has 0 radical (unpaired) electrons. The Morgan fingerprint density at radius 2 is 1.54 bits per heavy atom. The zero-order chi connectivity index (χ0) is 16.3. The van der Waals surface area contributed by atoms with Crippen molar-refractivity contribution >= 4 is 22.4 Å². The Labute approximate surface area is 150 Å². The Morgan fingerprint density at radius 3 is 2.12 bits per heavy atom. The highest BCUT2D eigenvalue weighted by molar-refractivity contribution is 7.88. The number of sulfonamides is 1. The normalized spacial score (nSPS) is 21.4. The first-order valence-corrected chi connectivity index (χ1v) is 9.48. The standard InChI is InChI=1S/C18H22N2O2S.ClH/c19-11-17-12-20(13-18(17)16-9-5-2-6-10-16)23(21,22)14-15-7-3-1-4-8-15;/h1-10,17-18H,11-14,19H2;1H/t17-,18+;/m1./s1. The molecule has 2 aromatic carbocycles. The molecule has 4 nitrogen and oxygen atoms in total. The molecule has 6 heteroatoms. The molecule has 3 rings (SSSR count). The fourth-order valence-electron chi connectivity index (χ4n) is 3.25. The van der Waals surface area contributed by atoms with Crippen molar-refractivity contribution in [3.05, 3.63) is 71.8 Å². The molecule has 1 heterocycles. The Balaban J connectivity index is 0.00000208. The third kappa shape index (κ3) is 4.16. The van der Waals surface area contributed by atoms with E-state index in [-0.39, 0.29) is 30.0 Å². The summed E-state index contributed by atoms with van der Waals surface area (Å²) in [5.74, 6) is 0.391. The molecule has 0 aliphatic carbocycles. The minimum absolute atomic E-state index is 0. The molecule has 0 saturated carbocycles. The maximum Gasteiger partial charge on any atom is 0.218 e. The van der Waals surface area contributed by atoms with Crippen LogP contribution in [-0.4, -0.2) is 32.4 Å². The summed E-state index contributed by atoms with van der Waals surface area (Å²) in [7, 11) is -3.32. The molecule has 24 heavy (non-hydrogen) atoms. The van der Waals surface area contributed by atoms with Crippen LogP contribution >= 0.6 is 12.4 Å². The van der Waals surface area contributed by atoms with Crippen LogP contribution in [0.5, 0.6) is 0 Å². The van der Waals surface area contributed by atoms with Crippen LogP contribution in [0.15, 0.2) is 60.7 Å². The minimum Gasteiger partial charge on any atom is -0.330 e. The zero-order valence-corrected chi connectivity index (χ0v) is 15.0. The van der Waals surface area contributed by atoms with Gasteiger partial charge in [-0.25, -0.2) is 12.7 Å². The number of benzene rings is 2. The Hall–Kier alpha value is -1.40. The monoisotopic (exact) mass is 366 g/mol. The van der Waals surface area contributed by atoms with Gasteiger partial charge in [-0.1, -0.05) is 60.7 Å². The smallest absolute Gasteiger partial charge is 0.218 e. The largest absolute Gasteiger partial charge is 0.330 e. The summed E-state index contributed by atoms with van der Waals surface area (Å²) in [5, 5.41) is 0. The average Bonchev–Trinajstić information content (AvgIpc) is 3.01. The van der Waals surface area contributed by atoms with Gasteiger partial charge in [0.15, 0.2) is 0 Å². The summed E-state index contributed by atoms with van der Waals surface area (Å²) in [4.78, 5) is 0. The van der Waals surface area contributed by atoms with Crippen LogP contribution in [0.2, 0.25) is 0 Å². The van der Waals surface area contributed by atoms with Gasteiger partial charge in [0.1, 0.15) is 0 Å². The van der Waals surface area contributed by atoms with Crippen molar-refractivity contribution < 1.29 is 8.42 Å². The van der Waals surface area contributed by atoms with E-state index in [1.807, 2.05) is 48.5 Å². The quantitative estimate of drug-likeness (QED) is 0.884. The number of nitrogens with zero attached hydrogens (tertiary/aromatic N) is 1. The lowest BCUT2D eigenvalue weighted by Crippen LogP contribution is -2.31. The average molecular weight is 367 g/mol. The lowest BCUT2D eigenvalue weighted by atomic mass is 9.89. The molecular formula is C18H23ClN2O2S. The van der Waals surface area contributed by atoms with Crippen molar-refractivity contribution in [3.8, 4) is 0 Å². The Morgan fingerprint density at radius 1 is 0.958 bits per heavy atom. The highest BCUT2D eigenvalue weighted by Crippen LogP contribution is 2.34. The van der Waals surface area contributed by atoms with Crippen molar-refractivity contribution in [1.82, 2.24) is 4.31 Å². The van der Waals surface area contributed by atoms with E-state index in [4.69, 9.17) is 5.73 Å². The van der Waals surface area contributed by atoms with E-state index in [2.05, 4.69) is 12.1 Å². The predicted octanol–water partition coefficient (Wildman–Crippen LogP) is 2.61. The molecule has 0 spiro atoms. The van der Waals surface area contributed by atoms with Crippen LogP contribution in [0.3, 0.4) is 0 Å². The zero-order valence-electron chi connectivity index (χ0n) is 13.4. The predicted molar refractivity (Wildman–Crippen MR) is 99.6 cm³/mol. The second-order valence-electron chi connectivity index (χ2n) is 6.07. The number of rotatable bonds is 5. The van der Waals surface area contributed by atoms with Gasteiger partial charge < -0.3 is 5.73 Å². The first kappa shape index (κ1) is 18.9. The van der Waals surface area contributed by atoms with E-state index in [9.17, 15) is 8.42 Å². The van der Waals surface area contributed by atoms with Crippen molar-refractivity contribution in [2.45, 2.75) is 11.7 Å². The maximum atomic E-state index is 12.7. The van der Waals surface area contributed by atoms with Crippen LogP contribution in [0, 0.1) is 5.92 Å². The van der Waals surface area contributed by atoms with E-state index in [0.717, 1.165) is 5.56 Å². The van der Waals surface area contributed by atoms with Gasteiger partial charge >= 0.3 is 0 Å². The summed E-state index contributed by atoms with van der Waals surface area (Å²) in [5.41, 5.74) is 7.88. The fraction of sp³-hybridized carbons (Fsp3) is 0.333. The number of halogens is 1. The van der Waals surface area contributed by atoms with E-state index in [0.29, 0.717) is 19.6 Å². The Kier molecular flexibility index (Phi) is 6.40. The fourth-order valence-corrected chi connectivity index (χ4v) is 4.85. The molecule has 1 fully saturated rings. The van der Waals surface area contributed by atoms with Crippen molar-refractivity contribution in [2.24, 2.45) is 11.7 Å². The van der Waals surface area contributed by atoms with Crippen LogP contribution in [0.1, 0.15) is 17.0 Å². The van der Waals surface area contributed by atoms with Crippen LogP contribution in [0.25, 0.3) is 0 Å². The van der Waals surface area contributed by atoms with Crippen LogP contribution < -0.4 is 5.73 Å². The van der Waals surface area contributed by atoms with Crippen molar-refractivity contribution in [2.75, 3.05) is 19.6 Å². The molecule has 1 aliphatic heterocycles. The lowest BCUT2D eigenvalue weighted by molar-refractivity contribution is 0.458. The molecule has 1 saturated heterocycles. The van der Waals surface area contributed by atoms with Crippen LogP contribution in [0.4, 0.5) is 0 Å². The Bertz CT molecular complexity index is 738. The molecule has 0 amide bonds. The molecule has 130 valence electrons. The number of nitrogens with two attached hydrogens (primary N) is 1. The van der Waals surface area contributed by atoms with Gasteiger partial charge in [-0.05, 0) is 23.6 Å². The number of hydrogen-bond donors (Lipinski definition) is 1. The van der Waals surface area contributed by atoms with E-state index < -0.39 is 10.0 Å². The molecule has 1 aliphatic rings. The van der Waals surface area contributed by atoms with E-state index in [1.54, 1.807) is 4.31 Å². The third-order valence-corrected chi connectivity index (χ3v) is 6.31. The van der Waals surface area contributed by atoms with Crippen molar-refractivity contribution in [1.29, 1.82) is 0 Å². The first-order valence-electron chi connectivity index (χ1n) is 7.87. The molecule has 0 aromatic heterocycles. The summed E-state index contributed by atoms with van der Waals surface area (Å²) in [6.45, 7) is 1.52.